The SMILES string of the molecule is [N-]=[N+]=N[C@@H]1[C@@H]2OC[C@@H](O2)[C@@H](O)[C@@]1(O)Cc1ccccc1. The fourth-order valence-corrected chi connectivity index (χ4v) is 2.85. The number of hydrogen-bond donors (Lipinski definition) is 2. The molecule has 3 rings (SSSR count). The molecule has 0 unspecified atom stereocenters. The quantitative estimate of drug-likeness (QED) is 0.483. The second-order valence-corrected chi connectivity index (χ2v) is 5.12. The molecule has 106 valence electrons. The maximum atomic E-state index is 10.9. The zero-order valence-electron chi connectivity index (χ0n) is 10.7. The third kappa shape index (κ3) is 2.06. The van der Waals surface area contributed by atoms with Crippen molar-refractivity contribution in [3.63, 3.8) is 0 Å². The Morgan fingerprint density at radius 3 is 2.85 bits per heavy atom. The molecule has 2 aliphatic heterocycles. The van der Waals surface area contributed by atoms with Gasteiger partial charge in [0.1, 0.15) is 23.9 Å². The first-order valence-corrected chi connectivity index (χ1v) is 6.41. The molecule has 2 aliphatic rings. The van der Waals surface area contributed by atoms with Crippen LogP contribution >= 0.6 is 0 Å². The number of azide groups is 1. The number of benzene rings is 1. The fourth-order valence-electron chi connectivity index (χ4n) is 2.85. The van der Waals surface area contributed by atoms with Crippen LogP contribution in [0.2, 0.25) is 0 Å². The number of hydrogen-bond acceptors (Lipinski definition) is 5. The molecule has 2 saturated heterocycles. The largest absolute Gasteiger partial charge is 0.387 e. The second kappa shape index (κ2) is 5.05. The summed E-state index contributed by atoms with van der Waals surface area (Å²) < 4.78 is 10.7. The van der Waals surface area contributed by atoms with E-state index in [0.717, 1.165) is 5.56 Å². The summed E-state index contributed by atoms with van der Waals surface area (Å²) in [5, 5.41) is 24.8. The molecule has 5 atom stereocenters. The van der Waals surface area contributed by atoms with Gasteiger partial charge in [0.2, 0.25) is 0 Å². The molecule has 1 aromatic rings. The van der Waals surface area contributed by atoms with E-state index < -0.39 is 30.1 Å². The number of nitrogens with zero attached hydrogens (tertiary/aromatic N) is 3. The zero-order valence-corrected chi connectivity index (χ0v) is 10.7. The van der Waals surface area contributed by atoms with Crippen LogP contribution in [0.5, 0.6) is 0 Å². The summed E-state index contributed by atoms with van der Waals surface area (Å²) in [4.78, 5) is 2.74. The number of rotatable bonds is 3. The molecule has 2 bridgehead atoms. The van der Waals surface area contributed by atoms with Crippen molar-refractivity contribution in [3.8, 4) is 0 Å². The van der Waals surface area contributed by atoms with Gasteiger partial charge in [0, 0.05) is 11.3 Å². The summed E-state index contributed by atoms with van der Waals surface area (Å²) >= 11 is 0. The van der Waals surface area contributed by atoms with Crippen molar-refractivity contribution in [1.82, 2.24) is 0 Å². The summed E-state index contributed by atoms with van der Waals surface area (Å²) in [6.07, 6.45) is -2.41. The van der Waals surface area contributed by atoms with Crippen LogP contribution in [0.1, 0.15) is 5.56 Å². The monoisotopic (exact) mass is 277 g/mol. The highest BCUT2D eigenvalue weighted by atomic mass is 16.7. The minimum atomic E-state index is -1.60. The number of aliphatic hydroxyl groups excluding tert-OH is 1. The van der Waals surface area contributed by atoms with Gasteiger partial charge in [-0.1, -0.05) is 35.4 Å². The minimum absolute atomic E-state index is 0.165. The van der Waals surface area contributed by atoms with Gasteiger partial charge < -0.3 is 19.7 Å². The van der Waals surface area contributed by atoms with Crippen LogP contribution in [0.4, 0.5) is 0 Å². The molecule has 0 spiro atoms. The molecule has 0 saturated carbocycles. The van der Waals surface area contributed by atoms with Gasteiger partial charge in [-0.05, 0) is 11.1 Å². The number of aliphatic hydroxyl groups is 2. The maximum absolute atomic E-state index is 10.9. The third-order valence-corrected chi connectivity index (χ3v) is 3.87. The van der Waals surface area contributed by atoms with Gasteiger partial charge in [-0.15, -0.1) is 0 Å². The fraction of sp³-hybridized carbons (Fsp3) is 0.538. The van der Waals surface area contributed by atoms with E-state index in [1.54, 1.807) is 0 Å². The van der Waals surface area contributed by atoms with Crippen LogP contribution in [0, 0.1) is 0 Å². The highest BCUT2D eigenvalue weighted by molar-refractivity contribution is 5.21. The minimum Gasteiger partial charge on any atom is -0.387 e. The Hall–Kier alpha value is -1.63. The lowest BCUT2D eigenvalue weighted by molar-refractivity contribution is -0.223. The van der Waals surface area contributed by atoms with Crippen LogP contribution in [0.3, 0.4) is 0 Å². The van der Waals surface area contributed by atoms with Crippen molar-refractivity contribution in [1.29, 1.82) is 0 Å². The van der Waals surface area contributed by atoms with E-state index >= 15 is 0 Å². The lowest BCUT2D eigenvalue weighted by Crippen LogP contribution is -2.64. The number of fused-ring (bicyclic) bond motifs is 2. The van der Waals surface area contributed by atoms with Crippen LogP contribution in [0.15, 0.2) is 35.4 Å². The van der Waals surface area contributed by atoms with Crippen molar-refractivity contribution >= 4 is 0 Å². The van der Waals surface area contributed by atoms with Crippen LogP contribution in [0.25, 0.3) is 10.4 Å². The van der Waals surface area contributed by atoms with E-state index in [9.17, 15) is 10.2 Å². The third-order valence-electron chi connectivity index (χ3n) is 3.87. The van der Waals surface area contributed by atoms with Gasteiger partial charge in [0.15, 0.2) is 6.29 Å². The van der Waals surface area contributed by atoms with Gasteiger partial charge in [-0.3, -0.25) is 0 Å². The van der Waals surface area contributed by atoms with Crippen molar-refractivity contribution in [2.75, 3.05) is 6.61 Å². The summed E-state index contributed by atoms with van der Waals surface area (Å²) in [7, 11) is 0. The summed E-state index contributed by atoms with van der Waals surface area (Å²) in [5.74, 6) is 0. The summed E-state index contributed by atoms with van der Waals surface area (Å²) in [6, 6.07) is 8.26. The lowest BCUT2D eigenvalue weighted by atomic mass is 9.79. The molecule has 0 aliphatic carbocycles. The Kier molecular flexibility index (Phi) is 3.37. The molecule has 0 amide bonds. The van der Waals surface area contributed by atoms with E-state index in [0.29, 0.717) is 0 Å². The van der Waals surface area contributed by atoms with Crippen molar-refractivity contribution in [2.45, 2.75) is 36.6 Å². The molecule has 2 N–H and O–H groups in total. The standard InChI is InChI=1S/C13H15N3O4/c14-16-15-10-12-19-7-9(20-12)11(17)13(10,18)6-8-4-2-1-3-5-8/h1-5,9-12,17-18H,6-7H2/t9-,10-,11-,12-,13-/m1/s1. The Bertz CT molecular complexity index is 534. The van der Waals surface area contributed by atoms with Crippen molar-refractivity contribution in [2.24, 2.45) is 5.11 Å². The second-order valence-electron chi connectivity index (χ2n) is 5.12. The molecular formula is C13H15N3O4. The van der Waals surface area contributed by atoms with Gasteiger partial charge in [-0.25, -0.2) is 0 Å². The van der Waals surface area contributed by atoms with Crippen LogP contribution in [-0.2, 0) is 15.9 Å². The summed E-state index contributed by atoms with van der Waals surface area (Å²) in [6.45, 7) is 0.181. The van der Waals surface area contributed by atoms with E-state index in [1.165, 1.54) is 0 Å². The van der Waals surface area contributed by atoms with E-state index in [1.807, 2.05) is 30.3 Å². The zero-order chi connectivity index (χ0) is 14.2. The van der Waals surface area contributed by atoms with E-state index in [2.05, 4.69) is 10.0 Å². The van der Waals surface area contributed by atoms with Crippen LogP contribution in [-0.4, -0.2) is 47.0 Å². The highest BCUT2D eigenvalue weighted by Crippen LogP contribution is 2.39. The smallest absolute Gasteiger partial charge is 0.169 e. The lowest BCUT2D eigenvalue weighted by Gasteiger charge is -2.44. The average molecular weight is 277 g/mol. The Morgan fingerprint density at radius 1 is 1.40 bits per heavy atom. The Morgan fingerprint density at radius 2 is 2.15 bits per heavy atom. The van der Waals surface area contributed by atoms with Gasteiger partial charge in [0.05, 0.1) is 6.61 Å². The Balaban J connectivity index is 1.96. The normalized spacial score (nSPS) is 39.3. The topological polar surface area (TPSA) is 108 Å². The van der Waals surface area contributed by atoms with E-state index in [-0.39, 0.29) is 13.0 Å². The van der Waals surface area contributed by atoms with Gasteiger partial charge in [0.25, 0.3) is 0 Å². The van der Waals surface area contributed by atoms with Crippen molar-refractivity contribution in [3.05, 3.63) is 46.3 Å². The maximum Gasteiger partial charge on any atom is 0.169 e. The van der Waals surface area contributed by atoms with Crippen LogP contribution < -0.4 is 0 Å². The predicted molar refractivity (Wildman–Crippen MR) is 68.6 cm³/mol. The highest BCUT2D eigenvalue weighted by Gasteiger charge is 2.58. The van der Waals surface area contributed by atoms with E-state index in [4.69, 9.17) is 15.0 Å². The molecule has 0 radical (unpaired) electrons. The predicted octanol–water partition coefficient (Wildman–Crippen LogP) is 0.755. The number of ether oxygens (including phenoxy) is 2. The molecule has 1 aromatic carbocycles. The molecule has 2 fully saturated rings. The molecule has 20 heavy (non-hydrogen) atoms. The first-order valence-electron chi connectivity index (χ1n) is 6.41. The van der Waals surface area contributed by atoms with Gasteiger partial charge >= 0.3 is 0 Å². The van der Waals surface area contributed by atoms with Crippen molar-refractivity contribution < 1.29 is 19.7 Å². The summed E-state index contributed by atoms with van der Waals surface area (Å²) in [5.41, 5.74) is 7.93. The average Bonchev–Trinajstić information content (AvgIpc) is 2.90. The molecular weight excluding hydrogens is 262 g/mol. The first kappa shape index (κ1) is 13.4. The first-order chi connectivity index (χ1) is 9.65. The Labute approximate surface area is 115 Å². The molecule has 2 heterocycles. The molecule has 0 aromatic heterocycles. The van der Waals surface area contributed by atoms with Gasteiger partial charge in [-0.2, -0.15) is 0 Å². The molecule has 7 heteroatoms. The molecule has 7 nitrogen and oxygen atoms in total.